The van der Waals surface area contributed by atoms with Crippen molar-refractivity contribution in [1.82, 2.24) is 9.97 Å². The third-order valence-corrected chi connectivity index (χ3v) is 1.96. The van der Waals surface area contributed by atoms with Crippen LogP contribution in [-0.4, -0.2) is 9.97 Å². The van der Waals surface area contributed by atoms with E-state index in [1.165, 1.54) is 6.07 Å². The average molecular weight is 177 g/mol. The zero-order valence-electron chi connectivity index (χ0n) is 7.08. The fourth-order valence-electron chi connectivity index (χ4n) is 1.23. The summed E-state index contributed by atoms with van der Waals surface area (Å²) in [7, 11) is 0. The summed E-state index contributed by atoms with van der Waals surface area (Å²) >= 11 is 0. The molecule has 0 saturated carbocycles. The molecule has 3 nitrogen and oxygen atoms in total. The molecule has 0 aliphatic heterocycles. The number of nitrogens with zero attached hydrogens (tertiary/aromatic N) is 2. The molecule has 4 heteroatoms. The molecular formula is C9H8FN3. The van der Waals surface area contributed by atoms with Gasteiger partial charge in [0.15, 0.2) is 0 Å². The highest BCUT2D eigenvalue weighted by molar-refractivity contribution is 5.81. The van der Waals surface area contributed by atoms with Crippen molar-refractivity contribution in [3.8, 4) is 0 Å². The lowest BCUT2D eigenvalue weighted by molar-refractivity contribution is 0.620. The average Bonchev–Trinajstić information content (AvgIpc) is 2.12. The van der Waals surface area contributed by atoms with Gasteiger partial charge in [-0.15, -0.1) is 0 Å². The number of rotatable bonds is 0. The zero-order chi connectivity index (χ0) is 9.42. The van der Waals surface area contributed by atoms with E-state index in [2.05, 4.69) is 9.97 Å². The molecule has 0 fully saturated rings. The molecule has 0 spiro atoms. The standard InChI is InChI=1S/C9H8FN3/c1-5-7(10)3-2-6-4-12-9(11)13-8(5)6/h2-4H,1H3,(H2,11,12,13). The maximum Gasteiger partial charge on any atom is 0.220 e. The Morgan fingerprint density at radius 3 is 2.92 bits per heavy atom. The Balaban J connectivity index is 2.89. The topological polar surface area (TPSA) is 51.8 Å². The molecule has 0 saturated heterocycles. The summed E-state index contributed by atoms with van der Waals surface area (Å²) in [6, 6.07) is 3.04. The monoisotopic (exact) mass is 177 g/mol. The summed E-state index contributed by atoms with van der Waals surface area (Å²) in [6.45, 7) is 1.67. The minimum Gasteiger partial charge on any atom is -0.368 e. The van der Waals surface area contributed by atoms with Crippen molar-refractivity contribution in [1.29, 1.82) is 0 Å². The third-order valence-electron chi connectivity index (χ3n) is 1.96. The predicted molar refractivity (Wildman–Crippen MR) is 48.6 cm³/mol. The fourth-order valence-corrected chi connectivity index (χ4v) is 1.23. The Morgan fingerprint density at radius 1 is 1.38 bits per heavy atom. The molecule has 0 unspecified atom stereocenters. The SMILES string of the molecule is Cc1c(F)ccc2cnc(N)nc12. The van der Waals surface area contributed by atoms with Crippen LogP contribution in [0.2, 0.25) is 0 Å². The van der Waals surface area contributed by atoms with E-state index in [1.54, 1.807) is 19.2 Å². The van der Waals surface area contributed by atoms with Gasteiger partial charge in [0.05, 0.1) is 5.52 Å². The highest BCUT2D eigenvalue weighted by atomic mass is 19.1. The van der Waals surface area contributed by atoms with Gasteiger partial charge in [-0.25, -0.2) is 14.4 Å². The van der Waals surface area contributed by atoms with Crippen LogP contribution in [0.1, 0.15) is 5.56 Å². The van der Waals surface area contributed by atoms with Crippen molar-refractivity contribution in [3.63, 3.8) is 0 Å². The Labute approximate surface area is 74.4 Å². The van der Waals surface area contributed by atoms with E-state index in [0.717, 1.165) is 5.39 Å². The van der Waals surface area contributed by atoms with Gasteiger partial charge in [-0.3, -0.25) is 0 Å². The largest absolute Gasteiger partial charge is 0.368 e. The molecule has 13 heavy (non-hydrogen) atoms. The number of nitrogen functional groups attached to an aromatic ring is 1. The predicted octanol–water partition coefficient (Wildman–Crippen LogP) is 1.66. The first-order valence-corrected chi connectivity index (χ1v) is 3.86. The van der Waals surface area contributed by atoms with Gasteiger partial charge in [0.2, 0.25) is 5.95 Å². The van der Waals surface area contributed by atoms with Gasteiger partial charge in [-0.1, -0.05) is 0 Å². The molecule has 0 atom stereocenters. The number of halogens is 1. The van der Waals surface area contributed by atoms with Gasteiger partial charge >= 0.3 is 0 Å². The summed E-state index contributed by atoms with van der Waals surface area (Å²) in [5.41, 5.74) is 6.48. The number of aryl methyl sites for hydroxylation is 1. The van der Waals surface area contributed by atoms with Crippen molar-refractivity contribution < 1.29 is 4.39 Å². The summed E-state index contributed by atoms with van der Waals surface area (Å²) < 4.78 is 13.1. The van der Waals surface area contributed by atoms with Crippen LogP contribution in [0.3, 0.4) is 0 Å². The summed E-state index contributed by atoms with van der Waals surface area (Å²) in [6.07, 6.45) is 1.59. The number of hydrogen-bond donors (Lipinski definition) is 1. The third kappa shape index (κ3) is 1.20. The molecule has 66 valence electrons. The molecule has 0 amide bonds. The number of hydrogen-bond acceptors (Lipinski definition) is 3. The number of fused-ring (bicyclic) bond motifs is 1. The van der Waals surface area contributed by atoms with Crippen molar-refractivity contribution in [2.24, 2.45) is 0 Å². The molecule has 0 radical (unpaired) electrons. The van der Waals surface area contributed by atoms with Crippen LogP contribution in [0.5, 0.6) is 0 Å². The molecular weight excluding hydrogens is 169 g/mol. The van der Waals surface area contributed by atoms with Crippen LogP contribution < -0.4 is 5.73 Å². The number of aromatic nitrogens is 2. The molecule has 1 heterocycles. The first-order valence-electron chi connectivity index (χ1n) is 3.86. The fraction of sp³-hybridized carbons (Fsp3) is 0.111. The normalized spacial score (nSPS) is 10.6. The Bertz CT molecular complexity index is 462. The molecule has 2 aromatic rings. The molecule has 0 aliphatic rings. The molecule has 1 aromatic heterocycles. The highest BCUT2D eigenvalue weighted by Gasteiger charge is 2.04. The van der Waals surface area contributed by atoms with Crippen LogP contribution in [0.4, 0.5) is 10.3 Å². The molecule has 1 aromatic carbocycles. The van der Waals surface area contributed by atoms with Gasteiger partial charge in [-0.05, 0) is 19.1 Å². The van der Waals surface area contributed by atoms with E-state index in [-0.39, 0.29) is 11.8 Å². The summed E-state index contributed by atoms with van der Waals surface area (Å²) in [4.78, 5) is 7.78. The van der Waals surface area contributed by atoms with Crippen molar-refractivity contribution in [2.75, 3.05) is 5.73 Å². The van der Waals surface area contributed by atoms with Crippen LogP contribution in [0.15, 0.2) is 18.3 Å². The van der Waals surface area contributed by atoms with E-state index in [9.17, 15) is 4.39 Å². The lowest BCUT2D eigenvalue weighted by Gasteiger charge is -2.01. The Kier molecular flexibility index (Phi) is 1.62. The van der Waals surface area contributed by atoms with Crippen LogP contribution >= 0.6 is 0 Å². The number of benzene rings is 1. The van der Waals surface area contributed by atoms with Gasteiger partial charge in [0, 0.05) is 17.1 Å². The Morgan fingerprint density at radius 2 is 2.15 bits per heavy atom. The number of anilines is 1. The second-order valence-electron chi connectivity index (χ2n) is 2.84. The minimum absolute atomic E-state index is 0.168. The van der Waals surface area contributed by atoms with Crippen LogP contribution in [0, 0.1) is 12.7 Å². The molecule has 2 rings (SSSR count). The number of nitrogens with two attached hydrogens (primary N) is 1. The second-order valence-corrected chi connectivity index (χ2v) is 2.84. The van der Waals surface area contributed by atoms with Gasteiger partial charge in [0.1, 0.15) is 5.82 Å². The molecule has 0 bridgehead atoms. The van der Waals surface area contributed by atoms with E-state index in [4.69, 9.17) is 5.73 Å². The van der Waals surface area contributed by atoms with Crippen LogP contribution in [-0.2, 0) is 0 Å². The highest BCUT2D eigenvalue weighted by Crippen LogP contribution is 2.18. The smallest absolute Gasteiger partial charge is 0.220 e. The van der Waals surface area contributed by atoms with Gasteiger partial charge in [0.25, 0.3) is 0 Å². The van der Waals surface area contributed by atoms with Gasteiger partial charge < -0.3 is 5.73 Å². The van der Waals surface area contributed by atoms with Crippen molar-refractivity contribution >= 4 is 16.9 Å². The zero-order valence-corrected chi connectivity index (χ0v) is 7.08. The van der Waals surface area contributed by atoms with Crippen molar-refractivity contribution in [2.45, 2.75) is 6.92 Å². The quantitative estimate of drug-likeness (QED) is 0.665. The van der Waals surface area contributed by atoms with E-state index >= 15 is 0 Å². The minimum atomic E-state index is -0.273. The van der Waals surface area contributed by atoms with Crippen molar-refractivity contribution in [3.05, 3.63) is 29.7 Å². The van der Waals surface area contributed by atoms with E-state index < -0.39 is 0 Å². The van der Waals surface area contributed by atoms with Gasteiger partial charge in [-0.2, -0.15) is 0 Å². The summed E-state index contributed by atoms with van der Waals surface area (Å²) in [5.74, 6) is -0.105. The van der Waals surface area contributed by atoms with Crippen LogP contribution in [0.25, 0.3) is 10.9 Å². The van der Waals surface area contributed by atoms with E-state index in [1.807, 2.05) is 0 Å². The summed E-state index contributed by atoms with van der Waals surface area (Å²) in [5, 5.41) is 0.799. The van der Waals surface area contributed by atoms with E-state index in [0.29, 0.717) is 11.1 Å². The maximum absolute atomic E-state index is 13.1. The molecule has 2 N–H and O–H groups in total. The molecule has 0 aliphatic carbocycles. The lowest BCUT2D eigenvalue weighted by Crippen LogP contribution is -1.96. The second kappa shape index (κ2) is 2.65. The lowest BCUT2D eigenvalue weighted by atomic mass is 10.1. The first-order chi connectivity index (χ1) is 6.18. The maximum atomic E-state index is 13.1. The first kappa shape index (κ1) is 7.91. The Hall–Kier alpha value is -1.71.